The highest BCUT2D eigenvalue weighted by atomic mass is 16.2. The fraction of sp³-hybridized carbons (Fsp3) is 0.471. The van der Waals surface area contributed by atoms with Gasteiger partial charge in [-0.1, -0.05) is 37.8 Å². The van der Waals surface area contributed by atoms with Gasteiger partial charge in [0.05, 0.1) is 6.61 Å². The van der Waals surface area contributed by atoms with Crippen molar-refractivity contribution in [3.05, 3.63) is 35.4 Å². The molecule has 1 aromatic rings. The fourth-order valence-electron chi connectivity index (χ4n) is 1.69. The molecule has 0 fully saturated rings. The van der Waals surface area contributed by atoms with Crippen molar-refractivity contribution in [3.63, 3.8) is 0 Å². The molecule has 0 unspecified atom stereocenters. The Morgan fingerprint density at radius 1 is 1.40 bits per heavy atom. The number of nitrogens with one attached hydrogen (secondary N) is 1. The van der Waals surface area contributed by atoms with E-state index in [4.69, 9.17) is 5.11 Å². The number of rotatable bonds is 6. The van der Waals surface area contributed by atoms with E-state index in [0.29, 0.717) is 25.3 Å². The van der Waals surface area contributed by atoms with E-state index in [0.717, 1.165) is 17.5 Å². The third-order valence-electron chi connectivity index (χ3n) is 2.83. The van der Waals surface area contributed by atoms with Crippen LogP contribution in [-0.2, 0) is 11.3 Å². The molecule has 20 heavy (non-hydrogen) atoms. The third-order valence-corrected chi connectivity index (χ3v) is 2.83. The molecule has 3 heteroatoms. The molecule has 0 saturated carbocycles. The summed E-state index contributed by atoms with van der Waals surface area (Å²) in [5.41, 5.74) is 1.95. The predicted molar refractivity (Wildman–Crippen MR) is 80.9 cm³/mol. The standard InChI is InChI=1S/C17H23NO2/c1-14(2)9-10-17(20)18-13-16-8-5-7-15(12-16)6-3-4-11-19/h5,7-8,12,14,19H,4,9-11,13H2,1-2H3,(H,18,20). The zero-order valence-electron chi connectivity index (χ0n) is 12.3. The molecule has 108 valence electrons. The number of carbonyl (C=O) groups is 1. The van der Waals surface area contributed by atoms with Gasteiger partial charge in [0, 0.05) is 24.9 Å². The van der Waals surface area contributed by atoms with Gasteiger partial charge in [-0.2, -0.15) is 0 Å². The van der Waals surface area contributed by atoms with Gasteiger partial charge in [-0.3, -0.25) is 4.79 Å². The number of carbonyl (C=O) groups excluding carboxylic acids is 1. The molecule has 0 spiro atoms. The highest BCUT2D eigenvalue weighted by Crippen LogP contribution is 2.06. The number of hydrogen-bond acceptors (Lipinski definition) is 2. The Bertz CT molecular complexity index is 483. The van der Waals surface area contributed by atoms with E-state index in [2.05, 4.69) is 31.0 Å². The molecule has 0 saturated heterocycles. The number of hydrogen-bond donors (Lipinski definition) is 2. The minimum atomic E-state index is 0.0819. The molecular weight excluding hydrogens is 250 g/mol. The zero-order chi connectivity index (χ0) is 14.8. The lowest BCUT2D eigenvalue weighted by Gasteiger charge is -2.07. The summed E-state index contributed by atoms with van der Waals surface area (Å²) >= 11 is 0. The minimum Gasteiger partial charge on any atom is -0.395 e. The van der Waals surface area contributed by atoms with Gasteiger partial charge in [0.15, 0.2) is 0 Å². The van der Waals surface area contributed by atoms with Crippen molar-refractivity contribution in [2.24, 2.45) is 5.92 Å². The van der Waals surface area contributed by atoms with Crippen LogP contribution in [0.3, 0.4) is 0 Å². The van der Waals surface area contributed by atoms with Gasteiger partial charge in [-0.25, -0.2) is 0 Å². The van der Waals surface area contributed by atoms with Crippen molar-refractivity contribution in [1.29, 1.82) is 0 Å². The van der Waals surface area contributed by atoms with Crippen LogP contribution in [-0.4, -0.2) is 17.6 Å². The van der Waals surface area contributed by atoms with Crippen molar-refractivity contribution in [2.45, 2.75) is 39.7 Å². The van der Waals surface area contributed by atoms with Gasteiger partial charge < -0.3 is 10.4 Å². The lowest BCUT2D eigenvalue weighted by atomic mass is 10.1. The first-order chi connectivity index (χ1) is 9.61. The summed E-state index contributed by atoms with van der Waals surface area (Å²) in [7, 11) is 0. The van der Waals surface area contributed by atoms with Gasteiger partial charge in [0.25, 0.3) is 0 Å². The maximum atomic E-state index is 11.6. The van der Waals surface area contributed by atoms with Crippen LogP contribution in [0.2, 0.25) is 0 Å². The van der Waals surface area contributed by atoms with Gasteiger partial charge in [0.2, 0.25) is 5.91 Å². The molecule has 3 nitrogen and oxygen atoms in total. The molecular formula is C17H23NO2. The molecule has 0 aliphatic heterocycles. The van der Waals surface area contributed by atoms with Crippen LogP contribution in [0.15, 0.2) is 24.3 Å². The normalized spacial score (nSPS) is 10.0. The highest BCUT2D eigenvalue weighted by molar-refractivity contribution is 5.75. The van der Waals surface area contributed by atoms with Crippen molar-refractivity contribution in [1.82, 2.24) is 5.32 Å². The van der Waals surface area contributed by atoms with Crippen LogP contribution in [0.1, 0.15) is 44.2 Å². The molecule has 0 aliphatic rings. The van der Waals surface area contributed by atoms with Crippen LogP contribution in [0.5, 0.6) is 0 Å². The molecule has 0 bridgehead atoms. The van der Waals surface area contributed by atoms with Crippen molar-refractivity contribution < 1.29 is 9.90 Å². The van der Waals surface area contributed by atoms with E-state index in [1.54, 1.807) is 0 Å². The van der Waals surface area contributed by atoms with E-state index >= 15 is 0 Å². The Hall–Kier alpha value is -1.79. The van der Waals surface area contributed by atoms with Crippen molar-refractivity contribution >= 4 is 5.91 Å². The van der Waals surface area contributed by atoms with Crippen LogP contribution in [0.25, 0.3) is 0 Å². The Morgan fingerprint density at radius 3 is 2.90 bits per heavy atom. The number of aliphatic hydroxyl groups is 1. The summed E-state index contributed by atoms with van der Waals surface area (Å²) in [6.07, 6.45) is 1.97. The largest absolute Gasteiger partial charge is 0.395 e. The Kier molecular flexibility index (Phi) is 7.46. The SMILES string of the molecule is CC(C)CCC(=O)NCc1cccc(C#CCCO)c1. The van der Waals surface area contributed by atoms with Crippen LogP contribution < -0.4 is 5.32 Å². The zero-order valence-corrected chi connectivity index (χ0v) is 12.3. The summed E-state index contributed by atoms with van der Waals surface area (Å²) in [4.78, 5) is 11.6. The average molecular weight is 273 g/mol. The van der Waals surface area contributed by atoms with Crippen molar-refractivity contribution in [2.75, 3.05) is 6.61 Å². The molecule has 0 atom stereocenters. The van der Waals surface area contributed by atoms with E-state index in [-0.39, 0.29) is 12.5 Å². The van der Waals surface area contributed by atoms with Crippen molar-refractivity contribution in [3.8, 4) is 11.8 Å². The monoisotopic (exact) mass is 273 g/mol. The first-order valence-electron chi connectivity index (χ1n) is 7.07. The van der Waals surface area contributed by atoms with E-state index in [1.807, 2.05) is 24.3 Å². The second kappa shape index (κ2) is 9.17. The Labute approximate surface area is 121 Å². The summed E-state index contributed by atoms with van der Waals surface area (Å²) in [5.74, 6) is 6.52. The van der Waals surface area contributed by atoms with Gasteiger partial charge in [0.1, 0.15) is 0 Å². The van der Waals surface area contributed by atoms with Gasteiger partial charge >= 0.3 is 0 Å². The quantitative estimate of drug-likeness (QED) is 0.782. The Morgan fingerprint density at radius 2 is 2.20 bits per heavy atom. The smallest absolute Gasteiger partial charge is 0.220 e. The van der Waals surface area contributed by atoms with E-state index < -0.39 is 0 Å². The van der Waals surface area contributed by atoms with Gasteiger partial charge in [-0.05, 0) is 30.0 Å². The summed E-state index contributed by atoms with van der Waals surface area (Å²) < 4.78 is 0. The highest BCUT2D eigenvalue weighted by Gasteiger charge is 2.03. The molecule has 1 amide bonds. The number of benzene rings is 1. The number of aliphatic hydroxyl groups excluding tert-OH is 1. The lowest BCUT2D eigenvalue weighted by Crippen LogP contribution is -2.22. The maximum Gasteiger partial charge on any atom is 0.220 e. The lowest BCUT2D eigenvalue weighted by molar-refractivity contribution is -0.121. The maximum absolute atomic E-state index is 11.6. The molecule has 0 radical (unpaired) electrons. The van der Waals surface area contributed by atoms with Gasteiger partial charge in [-0.15, -0.1) is 0 Å². The summed E-state index contributed by atoms with van der Waals surface area (Å²) in [5, 5.41) is 11.6. The molecule has 2 N–H and O–H groups in total. The summed E-state index contributed by atoms with van der Waals surface area (Å²) in [6.45, 7) is 4.84. The second-order valence-electron chi connectivity index (χ2n) is 5.19. The molecule has 0 aromatic heterocycles. The van der Waals surface area contributed by atoms with E-state index in [9.17, 15) is 4.79 Å². The average Bonchev–Trinajstić information content (AvgIpc) is 2.43. The topological polar surface area (TPSA) is 49.3 Å². The minimum absolute atomic E-state index is 0.0819. The fourth-order valence-corrected chi connectivity index (χ4v) is 1.69. The van der Waals surface area contributed by atoms with Crippen LogP contribution >= 0.6 is 0 Å². The summed E-state index contributed by atoms with van der Waals surface area (Å²) in [6, 6.07) is 7.79. The first-order valence-corrected chi connectivity index (χ1v) is 7.07. The molecule has 1 aromatic carbocycles. The molecule has 0 heterocycles. The Balaban J connectivity index is 2.46. The van der Waals surface area contributed by atoms with Crippen LogP contribution in [0.4, 0.5) is 0 Å². The second-order valence-corrected chi connectivity index (χ2v) is 5.19. The van der Waals surface area contributed by atoms with Crippen LogP contribution in [0, 0.1) is 17.8 Å². The predicted octanol–water partition coefficient (Wildman–Crippen LogP) is 2.47. The molecule has 0 aliphatic carbocycles. The molecule has 1 rings (SSSR count). The van der Waals surface area contributed by atoms with E-state index in [1.165, 1.54) is 0 Å². The first kappa shape index (κ1) is 16.3. The number of amides is 1. The third kappa shape index (κ3) is 6.96.